The van der Waals surface area contributed by atoms with E-state index in [1.165, 1.54) is 12.1 Å². The number of rotatable bonds is 8. The zero-order valence-electron chi connectivity index (χ0n) is 21.8. The maximum absolute atomic E-state index is 13.9. The van der Waals surface area contributed by atoms with Crippen molar-refractivity contribution in [1.29, 1.82) is 0 Å². The van der Waals surface area contributed by atoms with Crippen LogP contribution in [0.15, 0.2) is 104 Å². The second kappa shape index (κ2) is 10.3. The summed E-state index contributed by atoms with van der Waals surface area (Å²) in [6.07, 6.45) is 7.67. The number of hydrogen-bond acceptors (Lipinski definition) is 3. The van der Waals surface area contributed by atoms with Crippen LogP contribution in [-0.2, 0) is 0 Å². The lowest BCUT2D eigenvalue weighted by molar-refractivity contribution is 0.628. The number of pyridine rings is 1. The first-order valence-electron chi connectivity index (χ1n) is 12.6. The molecule has 0 aliphatic heterocycles. The first kappa shape index (κ1) is 25.0. The molecule has 5 aromatic rings. The lowest BCUT2D eigenvalue weighted by Crippen LogP contribution is -2.14. The summed E-state index contributed by atoms with van der Waals surface area (Å²) in [5.41, 5.74) is 8.87. The molecular weight excluding hydrogens is 473 g/mol. The van der Waals surface area contributed by atoms with Crippen molar-refractivity contribution in [2.24, 2.45) is 5.92 Å². The Labute approximate surface area is 221 Å². The summed E-state index contributed by atoms with van der Waals surface area (Å²) in [4.78, 5) is 8.02. The SMILES string of the molecule is C=C/C(=C\C(=C/C)c1ccc2[nH]nc(-c3cc4c(-c5cccc(F)c5)nccc4[nH]3)c2c1)NC(=C)C(C)C. The number of aromatic nitrogens is 4. The van der Waals surface area contributed by atoms with Crippen LogP contribution in [0.3, 0.4) is 0 Å². The number of fused-ring (bicyclic) bond motifs is 2. The van der Waals surface area contributed by atoms with Crippen molar-refractivity contribution in [1.82, 2.24) is 25.5 Å². The Balaban J connectivity index is 1.56. The Kier molecular flexibility index (Phi) is 6.79. The molecule has 3 N–H and O–H groups in total. The Hall–Kier alpha value is -4.71. The van der Waals surface area contributed by atoms with Crippen LogP contribution < -0.4 is 5.32 Å². The molecule has 6 heteroatoms. The van der Waals surface area contributed by atoms with Gasteiger partial charge in [0.1, 0.15) is 11.5 Å². The van der Waals surface area contributed by atoms with Gasteiger partial charge in [-0.2, -0.15) is 5.10 Å². The number of aromatic amines is 2. The molecule has 190 valence electrons. The lowest BCUT2D eigenvalue weighted by atomic mass is 10.0. The topological polar surface area (TPSA) is 69.4 Å². The van der Waals surface area contributed by atoms with Gasteiger partial charge in [0, 0.05) is 39.4 Å². The average molecular weight is 504 g/mol. The molecular formula is C32H30FN5. The minimum absolute atomic E-state index is 0.292. The standard InChI is InChI=1S/C32H30FN5/c1-6-21(16-25(7-2)35-20(5)19(3)4)22-11-12-29-26(17-22)32(38-37-29)30-18-27-28(36-30)13-14-34-31(27)23-9-8-10-24(33)15-23/h6-19,35-36H,2,5H2,1,3-4H3,(H,37,38)/b21-6+,25-16+. The Morgan fingerprint density at radius 2 is 1.84 bits per heavy atom. The number of halogens is 1. The predicted octanol–water partition coefficient (Wildman–Crippen LogP) is 8.14. The van der Waals surface area contributed by atoms with E-state index in [1.807, 2.05) is 31.2 Å². The summed E-state index contributed by atoms with van der Waals surface area (Å²) < 4.78 is 13.9. The monoisotopic (exact) mass is 503 g/mol. The Bertz CT molecular complexity index is 1730. The third-order valence-corrected chi connectivity index (χ3v) is 6.64. The van der Waals surface area contributed by atoms with Crippen LogP contribution in [0.5, 0.6) is 0 Å². The maximum atomic E-state index is 13.9. The summed E-state index contributed by atoms with van der Waals surface area (Å²) >= 11 is 0. The summed E-state index contributed by atoms with van der Waals surface area (Å²) in [5.74, 6) is 0.0187. The van der Waals surface area contributed by atoms with Gasteiger partial charge in [0.05, 0.1) is 16.9 Å². The minimum Gasteiger partial charge on any atom is -0.359 e. The number of allylic oxidation sites excluding steroid dienone is 5. The van der Waals surface area contributed by atoms with Gasteiger partial charge < -0.3 is 10.3 Å². The molecule has 0 aliphatic rings. The molecule has 38 heavy (non-hydrogen) atoms. The highest BCUT2D eigenvalue weighted by Crippen LogP contribution is 2.34. The van der Waals surface area contributed by atoms with Crippen LogP contribution in [-0.4, -0.2) is 20.2 Å². The molecule has 0 radical (unpaired) electrons. The molecule has 5 rings (SSSR count). The highest BCUT2D eigenvalue weighted by molar-refractivity contribution is 6.00. The fourth-order valence-corrected chi connectivity index (χ4v) is 4.42. The Morgan fingerprint density at radius 1 is 1.03 bits per heavy atom. The molecule has 0 atom stereocenters. The molecule has 3 aromatic heterocycles. The van der Waals surface area contributed by atoms with Gasteiger partial charge in [-0.25, -0.2) is 4.39 Å². The fraction of sp³-hybridized carbons (Fsp3) is 0.125. The zero-order chi connectivity index (χ0) is 26.8. The largest absolute Gasteiger partial charge is 0.359 e. The van der Waals surface area contributed by atoms with Crippen molar-refractivity contribution in [2.45, 2.75) is 20.8 Å². The van der Waals surface area contributed by atoms with Crippen molar-refractivity contribution in [3.05, 3.63) is 115 Å². The predicted molar refractivity (Wildman–Crippen MR) is 156 cm³/mol. The molecule has 0 unspecified atom stereocenters. The van der Waals surface area contributed by atoms with Gasteiger partial charge >= 0.3 is 0 Å². The highest BCUT2D eigenvalue weighted by Gasteiger charge is 2.15. The molecule has 0 fully saturated rings. The van der Waals surface area contributed by atoms with Crippen molar-refractivity contribution in [3.63, 3.8) is 0 Å². The van der Waals surface area contributed by atoms with Gasteiger partial charge in [0.15, 0.2) is 0 Å². The third kappa shape index (κ3) is 4.81. The van der Waals surface area contributed by atoms with E-state index in [4.69, 9.17) is 0 Å². The fourth-order valence-electron chi connectivity index (χ4n) is 4.42. The van der Waals surface area contributed by atoms with Gasteiger partial charge in [0.25, 0.3) is 0 Å². The molecule has 0 saturated carbocycles. The van der Waals surface area contributed by atoms with Crippen LogP contribution in [0.4, 0.5) is 4.39 Å². The van der Waals surface area contributed by atoms with E-state index in [9.17, 15) is 4.39 Å². The number of hydrogen-bond donors (Lipinski definition) is 3. The highest BCUT2D eigenvalue weighted by atomic mass is 19.1. The molecule has 0 saturated heterocycles. The number of H-pyrrole nitrogens is 2. The molecule has 3 heterocycles. The van der Waals surface area contributed by atoms with Gasteiger partial charge in [-0.05, 0) is 72.5 Å². The number of nitrogens with one attached hydrogen (secondary N) is 3. The van der Waals surface area contributed by atoms with E-state index >= 15 is 0 Å². The first-order chi connectivity index (χ1) is 18.4. The Morgan fingerprint density at radius 3 is 2.58 bits per heavy atom. The van der Waals surface area contributed by atoms with E-state index < -0.39 is 0 Å². The van der Waals surface area contributed by atoms with Crippen molar-refractivity contribution in [2.75, 3.05) is 0 Å². The molecule has 0 aliphatic carbocycles. The van der Waals surface area contributed by atoms with Crippen molar-refractivity contribution in [3.8, 4) is 22.6 Å². The van der Waals surface area contributed by atoms with Crippen molar-refractivity contribution >= 4 is 27.4 Å². The molecule has 0 spiro atoms. The summed E-state index contributed by atoms with van der Waals surface area (Å²) in [6, 6.07) is 16.7. The summed E-state index contributed by atoms with van der Waals surface area (Å²) in [6.45, 7) is 14.3. The van der Waals surface area contributed by atoms with Crippen LogP contribution in [0.1, 0.15) is 26.3 Å². The average Bonchev–Trinajstić information content (AvgIpc) is 3.54. The minimum atomic E-state index is -0.292. The number of benzene rings is 2. The third-order valence-electron chi connectivity index (χ3n) is 6.64. The molecule has 0 amide bonds. The smallest absolute Gasteiger partial charge is 0.123 e. The van der Waals surface area contributed by atoms with E-state index in [2.05, 4.69) is 76.8 Å². The van der Waals surface area contributed by atoms with E-state index in [1.54, 1.807) is 18.3 Å². The van der Waals surface area contributed by atoms with Crippen LogP contribution >= 0.6 is 0 Å². The van der Waals surface area contributed by atoms with Gasteiger partial charge in [-0.3, -0.25) is 10.1 Å². The summed E-state index contributed by atoms with van der Waals surface area (Å²) in [7, 11) is 0. The second-order valence-corrected chi connectivity index (χ2v) is 9.50. The van der Waals surface area contributed by atoms with E-state index in [0.29, 0.717) is 5.92 Å². The van der Waals surface area contributed by atoms with Gasteiger partial charge in [-0.15, -0.1) is 0 Å². The second-order valence-electron chi connectivity index (χ2n) is 9.50. The zero-order valence-corrected chi connectivity index (χ0v) is 21.8. The van der Waals surface area contributed by atoms with Crippen LogP contribution in [0.2, 0.25) is 0 Å². The number of nitrogens with zero attached hydrogens (tertiary/aromatic N) is 2. The van der Waals surface area contributed by atoms with Crippen LogP contribution in [0, 0.1) is 11.7 Å². The molecule has 2 aromatic carbocycles. The quantitative estimate of drug-likeness (QED) is 0.187. The van der Waals surface area contributed by atoms with Gasteiger partial charge in [-0.1, -0.05) is 51.3 Å². The van der Waals surface area contributed by atoms with Crippen LogP contribution in [0.25, 0.3) is 50.0 Å². The lowest BCUT2D eigenvalue weighted by Gasteiger charge is -2.14. The normalized spacial score (nSPS) is 12.4. The first-order valence-corrected chi connectivity index (χ1v) is 12.6. The maximum Gasteiger partial charge on any atom is 0.123 e. The van der Waals surface area contributed by atoms with Crippen molar-refractivity contribution < 1.29 is 4.39 Å². The van der Waals surface area contributed by atoms with E-state index in [0.717, 1.165) is 67.0 Å². The molecule has 0 bridgehead atoms. The molecule has 5 nitrogen and oxygen atoms in total. The van der Waals surface area contributed by atoms with Gasteiger partial charge in [0.2, 0.25) is 0 Å². The van der Waals surface area contributed by atoms with E-state index in [-0.39, 0.29) is 5.82 Å². The summed E-state index contributed by atoms with van der Waals surface area (Å²) in [5, 5.41) is 13.0.